The van der Waals surface area contributed by atoms with E-state index in [4.69, 9.17) is 4.74 Å². The minimum atomic E-state index is -3.75. The second kappa shape index (κ2) is 9.05. The molecule has 0 bridgehead atoms. The van der Waals surface area contributed by atoms with Gasteiger partial charge in [0.15, 0.2) is 0 Å². The number of hydrogen-bond acceptors (Lipinski definition) is 4. The number of halogens is 1. The van der Waals surface area contributed by atoms with Crippen LogP contribution in [0.3, 0.4) is 0 Å². The Morgan fingerprint density at radius 2 is 1.68 bits per heavy atom. The summed E-state index contributed by atoms with van der Waals surface area (Å²) in [6.07, 6.45) is 1.00. The van der Waals surface area contributed by atoms with E-state index in [1.165, 1.54) is 19.1 Å². The first kappa shape index (κ1) is 21.7. The number of anilines is 1. The van der Waals surface area contributed by atoms with E-state index in [0.29, 0.717) is 5.75 Å². The number of benzene rings is 2. The Labute approximate surface area is 165 Å². The maximum absolute atomic E-state index is 13.2. The molecule has 0 saturated carbocycles. The van der Waals surface area contributed by atoms with Crippen molar-refractivity contribution < 1.29 is 22.3 Å². The fourth-order valence-electron chi connectivity index (χ4n) is 2.66. The summed E-state index contributed by atoms with van der Waals surface area (Å²) >= 11 is 0. The zero-order chi connectivity index (χ0) is 20.9. The average molecular weight is 408 g/mol. The number of hydrogen-bond donors (Lipinski definition) is 1. The molecule has 28 heavy (non-hydrogen) atoms. The summed E-state index contributed by atoms with van der Waals surface area (Å²) in [7, 11) is -3.75. The monoisotopic (exact) mass is 408 g/mol. The lowest BCUT2D eigenvalue weighted by Gasteiger charge is -2.29. The fraction of sp³-hybridized carbons (Fsp3) is 0.350. The van der Waals surface area contributed by atoms with Gasteiger partial charge in [-0.1, -0.05) is 17.7 Å². The van der Waals surface area contributed by atoms with Gasteiger partial charge in [-0.15, -0.1) is 0 Å². The van der Waals surface area contributed by atoms with E-state index >= 15 is 0 Å². The lowest BCUT2D eigenvalue weighted by atomic mass is 10.2. The summed E-state index contributed by atoms with van der Waals surface area (Å²) in [4.78, 5) is 12.6. The molecular weight excluding hydrogens is 383 g/mol. The first-order valence-electron chi connectivity index (χ1n) is 8.82. The number of rotatable bonds is 8. The molecule has 152 valence electrons. The van der Waals surface area contributed by atoms with Crippen LogP contribution in [0.15, 0.2) is 48.5 Å². The standard InChI is InChI=1S/C20H25FN2O4S/c1-14-5-11-19(12-6-14)27-13-15(2)22-20(24)16(3)23(28(4,25)26)18-9-7-17(21)8-10-18/h5-12,15-16H,13H2,1-4H3,(H,22,24)/t15-,16+/m0/s1. The molecule has 2 rings (SSSR count). The molecule has 0 aromatic heterocycles. The number of nitrogens with zero attached hydrogens (tertiary/aromatic N) is 1. The Hall–Kier alpha value is -2.61. The maximum atomic E-state index is 13.2. The SMILES string of the molecule is Cc1ccc(OC[C@H](C)NC(=O)[C@@H](C)N(c2ccc(F)cc2)S(C)(=O)=O)cc1. The van der Waals surface area contributed by atoms with Crippen molar-refractivity contribution in [3.63, 3.8) is 0 Å². The van der Waals surface area contributed by atoms with Crippen LogP contribution in [-0.4, -0.2) is 39.3 Å². The summed E-state index contributed by atoms with van der Waals surface area (Å²) < 4.78 is 44.2. The van der Waals surface area contributed by atoms with Gasteiger partial charge < -0.3 is 10.1 Å². The van der Waals surface area contributed by atoms with Crippen molar-refractivity contribution in [2.75, 3.05) is 17.2 Å². The Morgan fingerprint density at radius 1 is 1.11 bits per heavy atom. The van der Waals surface area contributed by atoms with Crippen LogP contribution in [0.1, 0.15) is 19.4 Å². The molecule has 8 heteroatoms. The van der Waals surface area contributed by atoms with E-state index in [1.54, 1.807) is 6.92 Å². The minimum Gasteiger partial charge on any atom is -0.491 e. The van der Waals surface area contributed by atoms with E-state index in [9.17, 15) is 17.6 Å². The van der Waals surface area contributed by atoms with Crippen LogP contribution in [0.4, 0.5) is 10.1 Å². The zero-order valence-electron chi connectivity index (χ0n) is 16.3. The largest absolute Gasteiger partial charge is 0.491 e. The van der Waals surface area contributed by atoms with Gasteiger partial charge in [-0.3, -0.25) is 9.10 Å². The normalized spacial score (nSPS) is 13.5. The number of carbonyl (C=O) groups is 1. The van der Waals surface area contributed by atoms with Gasteiger partial charge in [0.05, 0.1) is 18.0 Å². The molecule has 0 fully saturated rings. The van der Waals surface area contributed by atoms with E-state index in [2.05, 4.69) is 5.32 Å². The number of sulfonamides is 1. The van der Waals surface area contributed by atoms with Gasteiger partial charge >= 0.3 is 0 Å². The first-order valence-corrected chi connectivity index (χ1v) is 10.7. The van der Waals surface area contributed by atoms with Gasteiger partial charge in [-0.05, 0) is 57.2 Å². The van der Waals surface area contributed by atoms with Gasteiger partial charge in [0, 0.05) is 0 Å². The topological polar surface area (TPSA) is 75.7 Å². The van der Waals surface area contributed by atoms with Crippen LogP contribution in [0.2, 0.25) is 0 Å². The van der Waals surface area contributed by atoms with Crippen LogP contribution < -0.4 is 14.4 Å². The number of aryl methyl sites for hydroxylation is 1. The van der Waals surface area contributed by atoms with Gasteiger partial charge in [-0.2, -0.15) is 0 Å². The molecule has 0 aliphatic carbocycles. The molecule has 2 aromatic carbocycles. The number of nitrogens with one attached hydrogen (secondary N) is 1. The van der Waals surface area contributed by atoms with Gasteiger partial charge in [0.1, 0.15) is 24.2 Å². The second-order valence-electron chi connectivity index (χ2n) is 6.74. The molecular formula is C20H25FN2O4S. The van der Waals surface area contributed by atoms with E-state index in [0.717, 1.165) is 28.3 Å². The van der Waals surface area contributed by atoms with E-state index in [-0.39, 0.29) is 18.3 Å². The smallest absolute Gasteiger partial charge is 0.243 e. The molecule has 1 amide bonds. The molecule has 0 radical (unpaired) electrons. The van der Waals surface area contributed by atoms with Crippen LogP contribution >= 0.6 is 0 Å². The number of ether oxygens (including phenoxy) is 1. The lowest BCUT2D eigenvalue weighted by Crippen LogP contribution is -2.50. The number of amides is 1. The summed E-state index contributed by atoms with van der Waals surface area (Å²) in [6.45, 7) is 5.45. The molecule has 0 heterocycles. The van der Waals surface area contributed by atoms with Crippen molar-refractivity contribution >= 4 is 21.6 Å². The predicted molar refractivity (Wildman–Crippen MR) is 107 cm³/mol. The summed E-state index contributed by atoms with van der Waals surface area (Å²) in [5.41, 5.74) is 1.33. The van der Waals surface area contributed by atoms with Crippen molar-refractivity contribution in [1.82, 2.24) is 5.32 Å². The van der Waals surface area contributed by atoms with Gasteiger partial charge in [0.25, 0.3) is 0 Å². The molecule has 2 aromatic rings. The zero-order valence-corrected chi connectivity index (χ0v) is 17.2. The fourth-order valence-corrected chi connectivity index (χ4v) is 3.83. The highest BCUT2D eigenvalue weighted by Gasteiger charge is 2.29. The second-order valence-corrected chi connectivity index (χ2v) is 8.60. The highest BCUT2D eigenvalue weighted by atomic mass is 32.2. The molecule has 6 nitrogen and oxygen atoms in total. The van der Waals surface area contributed by atoms with Crippen molar-refractivity contribution in [3.8, 4) is 5.75 Å². The summed E-state index contributed by atoms with van der Waals surface area (Å²) in [5.74, 6) is -0.283. The van der Waals surface area contributed by atoms with Gasteiger partial charge in [0.2, 0.25) is 15.9 Å². The Morgan fingerprint density at radius 3 is 2.21 bits per heavy atom. The van der Waals surface area contributed by atoms with Gasteiger partial charge in [-0.25, -0.2) is 12.8 Å². The van der Waals surface area contributed by atoms with Crippen molar-refractivity contribution in [3.05, 3.63) is 59.9 Å². The third-order valence-electron chi connectivity index (χ3n) is 4.08. The Bertz CT molecular complexity index is 899. The van der Waals surface area contributed by atoms with Crippen LogP contribution in [-0.2, 0) is 14.8 Å². The third kappa shape index (κ3) is 5.95. The maximum Gasteiger partial charge on any atom is 0.243 e. The molecule has 0 aliphatic heterocycles. The lowest BCUT2D eigenvalue weighted by molar-refractivity contribution is -0.122. The van der Waals surface area contributed by atoms with Crippen molar-refractivity contribution in [2.45, 2.75) is 32.9 Å². The van der Waals surface area contributed by atoms with Crippen LogP contribution in [0, 0.1) is 12.7 Å². The van der Waals surface area contributed by atoms with Crippen molar-refractivity contribution in [1.29, 1.82) is 0 Å². The predicted octanol–water partition coefficient (Wildman–Crippen LogP) is 2.87. The minimum absolute atomic E-state index is 0.218. The third-order valence-corrected chi connectivity index (χ3v) is 5.32. The van der Waals surface area contributed by atoms with Crippen molar-refractivity contribution in [2.24, 2.45) is 0 Å². The Kier molecular flexibility index (Phi) is 7.01. The number of carbonyl (C=O) groups excluding carboxylic acids is 1. The van der Waals surface area contributed by atoms with E-state index < -0.39 is 27.8 Å². The Balaban J connectivity index is 2.03. The molecule has 0 saturated heterocycles. The molecule has 1 N–H and O–H groups in total. The molecule has 0 spiro atoms. The highest BCUT2D eigenvalue weighted by Crippen LogP contribution is 2.21. The first-order chi connectivity index (χ1) is 13.1. The molecule has 0 aliphatic rings. The van der Waals surface area contributed by atoms with Crippen LogP contribution in [0.25, 0.3) is 0 Å². The highest BCUT2D eigenvalue weighted by molar-refractivity contribution is 7.92. The summed E-state index contributed by atoms with van der Waals surface area (Å²) in [6, 6.07) is 11.1. The quantitative estimate of drug-likeness (QED) is 0.729. The van der Waals surface area contributed by atoms with Crippen LogP contribution in [0.5, 0.6) is 5.75 Å². The van der Waals surface area contributed by atoms with E-state index in [1.807, 2.05) is 31.2 Å². The molecule has 2 atom stereocenters. The average Bonchev–Trinajstić information content (AvgIpc) is 2.62. The summed E-state index contributed by atoms with van der Waals surface area (Å²) in [5, 5.41) is 2.75. The molecule has 0 unspecified atom stereocenters.